The lowest BCUT2D eigenvalue weighted by molar-refractivity contribution is 0.0480. The van der Waals surface area contributed by atoms with E-state index in [1.807, 2.05) is 0 Å². The molecule has 3 rings (SSSR count). The molecule has 122 valence electrons. The Balaban J connectivity index is 1.58. The van der Waals surface area contributed by atoms with Gasteiger partial charge in [0.1, 0.15) is 0 Å². The number of hydrogen-bond donors (Lipinski definition) is 1. The Bertz CT molecular complexity index is 320. The Kier molecular flexibility index (Phi) is 5.58. The van der Waals surface area contributed by atoms with E-state index in [0.29, 0.717) is 0 Å². The van der Waals surface area contributed by atoms with Crippen LogP contribution in [0.3, 0.4) is 0 Å². The highest BCUT2D eigenvalue weighted by molar-refractivity contribution is 4.90. The third-order valence-corrected chi connectivity index (χ3v) is 5.98. The molecular weight excluding hydrogens is 258 g/mol. The van der Waals surface area contributed by atoms with Gasteiger partial charge >= 0.3 is 0 Å². The van der Waals surface area contributed by atoms with E-state index in [1.165, 1.54) is 77.9 Å². The maximum atomic E-state index is 3.66. The average Bonchev–Trinajstić information content (AvgIpc) is 2.48. The molecule has 0 aromatic carbocycles. The van der Waals surface area contributed by atoms with Gasteiger partial charge in [-0.1, -0.05) is 13.8 Å². The minimum absolute atomic E-state index is 0.790. The largest absolute Gasteiger partial charge is 0.315 e. The number of rotatable bonds is 3. The molecule has 3 fully saturated rings. The number of hydrogen-bond acceptors (Lipinski definition) is 3. The number of nitrogens with one attached hydrogen (secondary N) is 1. The number of nitrogens with zero attached hydrogens (tertiary/aromatic N) is 2. The van der Waals surface area contributed by atoms with Gasteiger partial charge in [0.2, 0.25) is 0 Å². The van der Waals surface area contributed by atoms with Gasteiger partial charge in [-0.3, -0.25) is 4.90 Å². The SMILES string of the molecule is CC1CCCN(CC2CCNCC2N2CCCC(C)C2)C1. The lowest BCUT2D eigenvalue weighted by Gasteiger charge is -2.45. The molecule has 0 radical (unpaired) electrons. The van der Waals surface area contributed by atoms with Crippen LogP contribution in [0.15, 0.2) is 0 Å². The molecule has 21 heavy (non-hydrogen) atoms. The summed E-state index contributed by atoms with van der Waals surface area (Å²) in [4.78, 5) is 5.59. The molecule has 0 aromatic heterocycles. The summed E-state index contributed by atoms with van der Waals surface area (Å²) in [5, 5.41) is 3.66. The summed E-state index contributed by atoms with van der Waals surface area (Å²) in [6, 6.07) is 0.790. The van der Waals surface area contributed by atoms with Gasteiger partial charge < -0.3 is 10.2 Å². The van der Waals surface area contributed by atoms with Crippen LogP contribution < -0.4 is 5.32 Å². The lowest BCUT2D eigenvalue weighted by Crippen LogP contribution is -2.56. The summed E-state index contributed by atoms with van der Waals surface area (Å²) in [6.07, 6.45) is 7.07. The van der Waals surface area contributed by atoms with Crippen molar-refractivity contribution in [3.05, 3.63) is 0 Å². The first kappa shape index (κ1) is 15.8. The van der Waals surface area contributed by atoms with Crippen molar-refractivity contribution in [3.8, 4) is 0 Å². The number of piperidine rings is 3. The van der Waals surface area contributed by atoms with Crippen LogP contribution in [0.5, 0.6) is 0 Å². The Morgan fingerprint density at radius 2 is 1.71 bits per heavy atom. The highest BCUT2D eigenvalue weighted by atomic mass is 15.2. The minimum Gasteiger partial charge on any atom is -0.315 e. The fourth-order valence-electron chi connectivity index (χ4n) is 4.85. The van der Waals surface area contributed by atoms with Crippen LogP contribution in [0.1, 0.15) is 46.0 Å². The zero-order valence-corrected chi connectivity index (χ0v) is 14.2. The van der Waals surface area contributed by atoms with Crippen molar-refractivity contribution in [1.29, 1.82) is 0 Å². The molecule has 3 aliphatic rings. The van der Waals surface area contributed by atoms with Gasteiger partial charge in [-0.2, -0.15) is 0 Å². The van der Waals surface area contributed by atoms with Crippen molar-refractivity contribution in [1.82, 2.24) is 15.1 Å². The molecule has 0 saturated carbocycles. The predicted octanol–water partition coefficient (Wildman–Crippen LogP) is 2.43. The predicted molar refractivity (Wildman–Crippen MR) is 89.6 cm³/mol. The molecule has 1 N–H and O–H groups in total. The third-order valence-electron chi connectivity index (χ3n) is 5.98. The maximum absolute atomic E-state index is 3.66. The minimum atomic E-state index is 0.790. The fourth-order valence-corrected chi connectivity index (χ4v) is 4.85. The van der Waals surface area contributed by atoms with Crippen LogP contribution in [0, 0.1) is 17.8 Å². The summed E-state index contributed by atoms with van der Waals surface area (Å²) >= 11 is 0. The molecule has 3 heteroatoms. The van der Waals surface area contributed by atoms with Crippen molar-refractivity contribution in [2.45, 2.75) is 52.0 Å². The van der Waals surface area contributed by atoms with E-state index in [-0.39, 0.29) is 0 Å². The molecule has 0 aliphatic carbocycles. The van der Waals surface area contributed by atoms with Crippen molar-refractivity contribution in [2.24, 2.45) is 17.8 Å². The second-order valence-electron chi connectivity index (χ2n) is 8.07. The molecular formula is C18H35N3. The van der Waals surface area contributed by atoms with E-state index in [4.69, 9.17) is 0 Å². The summed E-state index contributed by atoms with van der Waals surface area (Å²) < 4.78 is 0. The Labute approximate surface area is 131 Å². The first-order valence-electron chi connectivity index (χ1n) is 9.39. The van der Waals surface area contributed by atoms with E-state index >= 15 is 0 Å². The molecule has 3 saturated heterocycles. The van der Waals surface area contributed by atoms with Crippen LogP contribution in [-0.2, 0) is 0 Å². The van der Waals surface area contributed by atoms with Crippen molar-refractivity contribution < 1.29 is 0 Å². The van der Waals surface area contributed by atoms with Gasteiger partial charge in [-0.25, -0.2) is 0 Å². The summed E-state index contributed by atoms with van der Waals surface area (Å²) in [5.41, 5.74) is 0. The zero-order chi connectivity index (χ0) is 14.7. The monoisotopic (exact) mass is 293 g/mol. The second-order valence-corrected chi connectivity index (χ2v) is 8.07. The van der Waals surface area contributed by atoms with E-state index in [9.17, 15) is 0 Å². The molecule has 4 atom stereocenters. The van der Waals surface area contributed by atoms with E-state index < -0.39 is 0 Å². The van der Waals surface area contributed by atoms with Gasteiger partial charge in [-0.15, -0.1) is 0 Å². The van der Waals surface area contributed by atoms with Crippen LogP contribution in [-0.4, -0.2) is 61.7 Å². The van der Waals surface area contributed by atoms with Crippen molar-refractivity contribution in [2.75, 3.05) is 45.8 Å². The molecule has 3 aliphatic heterocycles. The maximum Gasteiger partial charge on any atom is 0.0261 e. The first-order chi connectivity index (χ1) is 10.2. The topological polar surface area (TPSA) is 18.5 Å². The summed E-state index contributed by atoms with van der Waals surface area (Å²) in [7, 11) is 0. The third kappa shape index (κ3) is 4.20. The molecule has 0 bridgehead atoms. The fraction of sp³-hybridized carbons (Fsp3) is 1.00. The van der Waals surface area contributed by atoms with Gasteiger partial charge in [0.25, 0.3) is 0 Å². The van der Waals surface area contributed by atoms with Crippen LogP contribution in [0.4, 0.5) is 0 Å². The average molecular weight is 293 g/mol. The summed E-state index contributed by atoms with van der Waals surface area (Å²) in [6.45, 7) is 14.0. The normalized spacial score (nSPS) is 40.3. The van der Waals surface area contributed by atoms with Gasteiger partial charge in [0.15, 0.2) is 0 Å². The highest BCUT2D eigenvalue weighted by Gasteiger charge is 2.33. The molecule has 3 nitrogen and oxygen atoms in total. The Morgan fingerprint density at radius 1 is 0.952 bits per heavy atom. The van der Waals surface area contributed by atoms with E-state index in [1.54, 1.807) is 0 Å². The van der Waals surface area contributed by atoms with Crippen molar-refractivity contribution in [3.63, 3.8) is 0 Å². The number of likely N-dealkylation sites (tertiary alicyclic amines) is 2. The Hall–Kier alpha value is -0.120. The van der Waals surface area contributed by atoms with Gasteiger partial charge in [0.05, 0.1) is 0 Å². The standard InChI is InChI=1S/C18H35N3/c1-15-5-3-9-20(12-15)14-17-7-8-19-11-18(17)21-10-4-6-16(2)13-21/h15-19H,3-14H2,1-2H3. The Morgan fingerprint density at radius 3 is 2.48 bits per heavy atom. The first-order valence-corrected chi connectivity index (χ1v) is 9.39. The second kappa shape index (κ2) is 7.43. The zero-order valence-electron chi connectivity index (χ0n) is 14.2. The van der Waals surface area contributed by atoms with E-state index in [0.717, 1.165) is 23.8 Å². The molecule has 4 unspecified atom stereocenters. The van der Waals surface area contributed by atoms with E-state index in [2.05, 4.69) is 29.0 Å². The smallest absolute Gasteiger partial charge is 0.0261 e. The van der Waals surface area contributed by atoms with Crippen LogP contribution >= 0.6 is 0 Å². The lowest BCUT2D eigenvalue weighted by atomic mass is 9.87. The van der Waals surface area contributed by atoms with Crippen LogP contribution in [0.25, 0.3) is 0 Å². The molecule has 0 amide bonds. The molecule has 0 aromatic rings. The quantitative estimate of drug-likeness (QED) is 0.862. The van der Waals surface area contributed by atoms with Crippen LogP contribution in [0.2, 0.25) is 0 Å². The molecule has 3 heterocycles. The van der Waals surface area contributed by atoms with Gasteiger partial charge in [0, 0.05) is 32.2 Å². The molecule has 0 spiro atoms. The van der Waals surface area contributed by atoms with Gasteiger partial charge in [-0.05, 0) is 69.5 Å². The summed E-state index contributed by atoms with van der Waals surface area (Å²) in [5.74, 6) is 2.70. The van der Waals surface area contributed by atoms with Crippen molar-refractivity contribution >= 4 is 0 Å². The highest BCUT2D eigenvalue weighted by Crippen LogP contribution is 2.26.